The number of carbonyl (C=O) groups excluding carboxylic acids is 1. The van der Waals surface area contributed by atoms with Gasteiger partial charge in [-0.25, -0.2) is 4.39 Å². The summed E-state index contributed by atoms with van der Waals surface area (Å²) < 4.78 is 14.2. The number of hydrogen-bond acceptors (Lipinski definition) is 4. The van der Waals surface area contributed by atoms with Crippen molar-refractivity contribution >= 4 is 18.3 Å². The normalized spacial score (nSPS) is 20.0. The molecule has 1 fully saturated rings. The molecule has 1 aliphatic heterocycles. The van der Waals surface area contributed by atoms with Gasteiger partial charge in [0.05, 0.1) is 5.69 Å². The fraction of sp³-hybridized carbons (Fsp3) is 0.353. The van der Waals surface area contributed by atoms with E-state index in [1.807, 2.05) is 13.8 Å². The number of carbonyl (C=O) groups is 1. The van der Waals surface area contributed by atoms with Gasteiger partial charge < -0.3 is 10.2 Å². The van der Waals surface area contributed by atoms with Crippen molar-refractivity contribution in [2.75, 3.05) is 13.1 Å². The number of nitrogens with one attached hydrogen (secondary N) is 1. The Morgan fingerprint density at radius 1 is 1.12 bits per heavy atom. The Labute approximate surface area is 151 Å². The number of nitrogens with zero attached hydrogens (tertiary/aromatic N) is 3. The molecule has 1 aromatic heterocycles. The zero-order chi connectivity index (χ0) is 17.3. The predicted octanol–water partition coefficient (Wildman–Crippen LogP) is 1.62. The Morgan fingerprint density at radius 2 is 1.72 bits per heavy atom. The van der Waals surface area contributed by atoms with E-state index in [1.54, 1.807) is 4.90 Å². The van der Waals surface area contributed by atoms with Gasteiger partial charge in [-0.2, -0.15) is 9.78 Å². The minimum atomic E-state index is -0.400. The number of benzene rings is 1. The molecule has 1 amide bonds. The average Bonchev–Trinajstić information content (AvgIpc) is 2.55. The first-order chi connectivity index (χ1) is 11.4. The van der Waals surface area contributed by atoms with Gasteiger partial charge in [-0.1, -0.05) is 0 Å². The number of hydrogen-bond donors (Lipinski definition) is 1. The van der Waals surface area contributed by atoms with E-state index in [1.165, 1.54) is 36.4 Å². The van der Waals surface area contributed by atoms with E-state index >= 15 is 0 Å². The zero-order valence-electron chi connectivity index (χ0n) is 14.0. The molecule has 1 saturated heterocycles. The summed E-state index contributed by atoms with van der Waals surface area (Å²) in [5.41, 5.74) is 0.235. The topological polar surface area (TPSA) is 67.2 Å². The first kappa shape index (κ1) is 19.1. The van der Waals surface area contributed by atoms with Gasteiger partial charge in [0.25, 0.3) is 11.5 Å². The molecule has 1 aromatic carbocycles. The fourth-order valence-corrected chi connectivity index (χ4v) is 2.95. The second-order valence-corrected chi connectivity index (χ2v) is 6.12. The first-order valence-electron chi connectivity index (χ1n) is 7.85. The highest BCUT2D eigenvalue weighted by atomic mass is 35.5. The van der Waals surface area contributed by atoms with Gasteiger partial charge in [-0.05, 0) is 44.2 Å². The van der Waals surface area contributed by atoms with E-state index in [4.69, 9.17) is 0 Å². The largest absolute Gasteiger partial charge is 0.334 e. The lowest BCUT2D eigenvalue weighted by Gasteiger charge is -2.35. The highest BCUT2D eigenvalue weighted by molar-refractivity contribution is 5.92. The maximum absolute atomic E-state index is 13.1. The smallest absolute Gasteiger partial charge is 0.274 e. The third-order valence-electron chi connectivity index (χ3n) is 3.94. The standard InChI is InChI=1S/C17H19FN4O2.ClH/c1-11-9-21(10-12(2)19-11)17(24)15-7-8-16(23)22(20-15)14-5-3-13(18)4-6-14;/h3-8,11-12,19H,9-10H2,1-2H3;1H. The molecule has 2 aromatic rings. The van der Waals surface area contributed by atoms with E-state index < -0.39 is 5.82 Å². The predicted molar refractivity (Wildman–Crippen MR) is 95.0 cm³/mol. The van der Waals surface area contributed by atoms with Crippen LogP contribution in [0.25, 0.3) is 5.69 Å². The summed E-state index contributed by atoms with van der Waals surface area (Å²) in [5, 5.41) is 7.53. The summed E-state index contributed by atoms with van der Waals surface area (Å²) in [6.07, 6.45) is 0. The van der Waals surface area contributed by atoms with Crippen LogP contribution < -0.4 is 10.9 Å². The second-order valence-electron chi connectivity index (χ2n) is 6.12. The molecule has 1 N–H and O–H groups in total. The SMILES string of the molecule is CC1CN(C(=O)c2ccc(=O)n(-c3ccc(F)cc3)n2)CC(C)N1.Cl. The van der Waals surface area contributed by atoms with Gasteiger partial charge in [-0.15, -0.1) is 12.4 Å². The molecular weight excluding hydrogens is 347 g/mol. The number of amides is 1. The third kappa shape index (κ3) is 4.24. The Bertz CT molecular complexity index is 799. The number of aromatic nitrogens is 2. The Morgan fingerprint density at radius 3 is 2.32 bits per heavy atom. The van der Waals surface area contributed by atoms with Gasteiger partial charge in [-0.3, -0.25) is 9.59 Å². The minimum absolute atomic E-state index is 0. The van der Waals surface area contributed by atoms with E-state index in [-0.39, 0.29) is 41.7 Å². The van der Waals surface area contributed by atoms with Crippen LogP contribution in [0.1, 0.15) is 24.3 Å². The van der Waals surface area contributed by atoms with Crippen LogP contribution >= 0.6 is 12.4 Å². The monoisotopic (exact) mass is 366 g/mol. The van der Waals surface area contributed by atoms with Crippen molar-refractivity contribution in [3.63, 3.8) is 0 Å². The summed E-state index contributed by atoms with van der Waals surface area (Å²) in [5.74, 6) is -0.617. The fourth-order valence-electron chi connectivity index (χ4n) is 2.95. The molecular formula is C17H20ClFN4O2. The average molecular weight is 367 g/mol. The van der Waals surface area contributed by atoms with Crippen molar-refractivity contribution in [1.82, 2.24) is 20.0 Å². The molecule has 134 valence electrons. The van der Waals surface area contributed by atoms with E-state index in [9.17, 15) is 14.0 Å². The van der Waals surface area contributed by atoms with Gasteiger partial charge in [0.2, 0.25) is 0 Å². The van der Waals surface area contributed by atoms with Crippen LogP contribution in [-0.2, 0) is 0 Å². The highest BCUT2D eigenvalue weighted by Crippen LogP contribution is 2.10. The maximum Gasteiger partial charge on any atom is 0.274 e. The summed E-state index contributed by atoms with van der Waals surface area (Å²) in [6.45, 7) is 5.20. The van der Waals surface area contributed by atoms with Crippen molar-refractivity contribution in [2.24, 2.45) is 0 Å². The molecule has 0 aliphatic carbocycles. The Balaban J connectivity index is 0.00000225. The van der Waals surface area contributed by atoms with Crippen molar-refractivity contribution in [2.45, 2.75) is 25.9 Å². The molecule has 25 heavy (non-hydrogen) atoms. The first-order valence-corrected chi connectivity index (χ1v) is 7.85. The van der Waals surface area contributed by atoms with Crippen LogP contribution in [0.4, 0.5) is 4.39 Å². The van der Waals surface area contributed by atoms with Crippen LogP contribution in [0.5, 0.6) is 0 Å². The van der Waals surface area contributed by atoms with Crippen molar-refractivity contribution in [3.05, 3.63) is 58.3 Å². The number of rotatable bonds is 2. The Kier molecular flexibility index (Phi) is 5.92. The Hall–Kier alpha value is -2.25. The molecule has 0 bridgehead atoms. The summed E-state index contributed by atoms with van der Waals surface area (Å²) in [4.78, 5) is 26.5. The molecule has 8 heteroatoms. The molecule has 2 unspecified atom stereocenters. The summed E-state index contributed by atoms with van der Waals surface area (Å²) in [6, 6.07) is 8.52. The molecule has 6 nitrogen and oxygen atoms in total. The molecule has 3 rings (SSSR count). The summed E-state index contributed by atoms with van der Waals surface area (Å²) in [7, 11) is 0. The molecule has 2 atom stereocenters. The minimum Gasteiger partial charge on any atom is -0.334 e. The van der Waals surface area contributed by atoms with Crippen LogP contribution in [0, 0.1) is 5.82 Å². The molecule has 0 radical (unpaired) electrons. The molecule has 1 aliphatic rings. The summed E-state index contributed by atoms with van der Waals surface area (Å²) >= 11 is 0. The van der Waals surface area contributed by atoms with Crippen LogP contribution in [-0.4, -0.2) is 45.8 Å². The van der Waals surface area contributed by atoms with E-state index in [0.717, 1.165) is 4.68 Å². The van der Waals surface area contributed by atoms with Crippen LogP contribution in [0.15, 0.2) is 41.2 Å². The second kappa shape index (κ2) is 7.76. The number of halogens is 2. The molecule has 0 spiro atoms. The molecule has 2 heterocycles. The lowest BCUT2D eigenvalue weighted by atomic mass is 10.1. The van der Waals surface area contributed by atoms with E-state index in [2.05, 4.69) is 10.4 Å². The zero-order valence-corrected chi connectivity index (χ0v) is 14.8. The highest BCUT2D eigenvalue weighted by Gasteiger charge is 2.26. The van der Waals surface area contributed by atoms with E-state index in [0.29, 0.717) is 18.8 Å². The van der Waals surface area contributed by atoms with Gasteiger partial charge in [0.15, 0.2) is 0 Å². The van der Waals surface area contributed by atoms with Crippen LogP contribution in [0.2, 0.25) is 0 Å². The molecule has 0 saturated carbocycles. The van der Waals surface area contributed by atoms with Gasteiger partial charge in [0, 0.05) is 31.2 Å². The quantitative estimate of drug-likeness (QED) is 0.877. The maximum atomic E-state index is 13.1. The van der Waals surface area contributed by atoms with Gasteiger partial charge in [0.1, 0.15) is 11.5 Å². The lowest BCUT2D eigenvalue weighted by molar-refractivity contribution is 0.0665. The lowest BCUT2D eigenvalue weighted by Crippen LogP contribution is -2.56. The van der Waals surface area contributed by atoms with Crippen molar-refractivity contribution < 1.29 is 9.18 Å². The number of piperazine rings is 1. The van der Waals surface area contributed by atoms with Gasteiger partial charge >= 0.3 is 0 Å². The van der Waals surface area contributed by atoms with Crippen LogP contribution in [0.3, 0.4) is 0 Å². The van der Waals surface area contributed by atoms with Crippen molar-refractivity contribution in [1.29, 1.82) is 0 Å². The van der Waals surface area contributed by atoms with Crippen molar-refractivity contribution in [3.8, 4) is 5.69 Å². The third-order valence-corrected chi connectivity index (χ3v) is 3.94.